The molecule has 0 bridgehead atoms. The number of aromatic hydroxyl groups is 1. The SMILES string of the molecule is CC(=O)CNC(=O)c1c(O)c2cc(Br)ccc2n(C)c1=O. The van der Waals surface area contributed by atoms with Gasteiger partial charge in [0, 0.05) is 16.9 Å². The van der Waals surface area contributed by atoms with Crippen LogP contribution in [-0.2, 0) is 11.8 Å². The van der Waals surface area contributed by atoms with Crippen molar-refractivity contribution >= 4 is 38.5 Å². The Labute approximate surface area is 128 Å². The van der Waals surface area contributed by atoms with E-state index in [9.17, 15) is 19.5 Å². The van der Waals surface area contributed by atoms with Crippen molar-refractivity contribution in [2.45, 2.75) is 6.92 Å². The van der Waals surface area contributed by atoms with Crippen LogP contribution in [0.2, 0.25) is 0 Å². The first-order valence-electron chi connectivity index (χ1n) is 6.11. The number of carbonyl (C=O) groups excluding carboxylic acids is 2. The number of carbonyl (C=O) groups is 2. The first-order valence-corrected chi connectivity index (χ1v) is 6.91. The second-order valence-corrected chi connectivity index (χ2v) is 5.55. The third kappa shape index (κ3) is 2.82. The van der Waals surface area contributed by atoms with E-state index in [0.717, 1.165) is 0 Å². The van der Waals surface area contributed by atoms with Gasteiger partial charge < -0.3 is 15.0 Å². The molecule has 6 nitrogen and oxygen atoms in total. The topological polar surface area (TPSA) is 88.4 Å². The Kier molecular flexibility index (Phi) is 4.13. The number of hydrogen-bond donors (Lipinski definition) is 2. The van der Waals surface area contributed by atoms with E-state index in [2.05, 4.69) is 21.2 Å². The van der Waals surface area contributed by atoms with Crippen molar-refractivity contribution in [1.29, 1.82) is 0 Å². The van der Waals surface area contributed by atoms with Crippen molar-refractivity contribution in [2.75, 3.05) is 6.54 Å². The molecule has 21 heavy (non-hydrogen) atoms. The third-order valence-electron chi connectivity index (χ3n) is 3.06. The summed E-state index contributed by atoms with van der Waals surface area (Å²) in [7, 11) is 1.51. The summed E-state index contributed by atoms with van der Waals surface area (Å²) in [5, 5.41) is 12.9. The first kappa shape index (κ1) is 15.2. The molecule has 0 atom stereocenters. The summed E-state index contributed by atoms with van der Waals surface area (Å²) in [5.74, 6) is -1.41. The number of amides is 1. The van der Waals surface area contributed by atoms with E-state index in [4.69, 9.17) is 0 Å². The molecule has 0 spiro atoms. The number of rotatable bonds is 3. The summed E-state index contributed by atoms with van der Waals surface area (Å²) in [6, 6.07) is 5.01. The van der Waals surface area contributed by atoms with E-state index >= 15 is 0 Å². The zero-order valence-corrected chi connectivity index (χ0v) is 13.0. The number of hydrogen-bond acceptors (Lipinski definition) is 4. The molecule has 1 amide bonds. The fourth-order valence-corrected chi connectivity index (χ4v) is 2.36. The lowest BCUT2D eigenvalue weighted by Crippen LogP contribution is -2.34. The minimum absolute atomic E-state index is 0.196. The normalized spacial score (nSPS) is 10.6. The van der Waals surface area contributed by atoms with E-state index < -0.39 is 17.2 Å². The van der Waals surface area contributed by atoms with Gasteiger partial charge in [0.25, 0.3) is 11.5 Å². The number of pyridine rings is 1. The van der Waals surface area contributed by atoms with E-state index in [1.165, 1.54) is 18.5 Å². The molecule has 0 unspecified atom stereocenters. The Morgan fingerprint density at radius 2 is 2.05 bits per heavy atom. The van der Waals surface area contributed by atoms with Crippen LogP contribution in [-0.4, -0.2) is 27.9 Å². The molecule has 0 aliphatic heterocycles. The van der Waals surface area contributed by atoms with Crippen LogP contribution in [0.15, 0.2) is 27.5 Å². The fourth-order valence-electron chi connectivity index (χ4n) is 2.00. The fraction of sp³-hybridized carbons (Fsp3) is 0.214. The van der Waals surface area contributed by atoms with Crippen LogP contribution in [0, 0.1) is 0 Å². The van der Waals surface area contributed by atoms with Crippen molar-refractivity contribution in [1.82, 2.24) is 9.88 Å². The van der Waals surface area contributed by atoms with E-state index in [0.29, 0.717) is 15.4 Å². The minimum Gasteiger partial charge on any atom is -0.506 e. The van der Waals surface area contributed by atoms with Gasteiger partial charge in [-0.3, -0.25) is 14.4 Å². The maximum Gasteiger partial charge on any atom is 0.267 e. The quantitative estimate of drug-likeness (QED) is 0.871. The number of ketones is 1. The van der Waals surface area contributed by atoms with Gasteiger partial charge in [0.15, 0.2) is 0 Å². The smallest absolute Gasteiger partial charge is 0.267 e. The second-order valence-electron chi connectivity index (χ2n) is 4.63. The van der Waals surface area contributed by atoms with E-state index in [1.807, 2.05) is 0 Å². The first-order chi connectivity index (χ1) is 9.82. The van der Waals surface area contributed by atoms with Crippen molar-refractivity contribution in [2.24, 2.45) is 7.05 Å². The van der Waals surface area contributed by atoms with Gasteiger partial charge >= 0.3 is 0 Å². The van der Waals surface area contributed by atoms with Crippen LogP contribution in [0.4, 0.5) is 0 Å². The number of benzene rings is 1. The van der Waals surface area contributed by atoms with Crippen LogP contribution in [0.3, 0.4) is 0 Å². The van der Waals surface area contributed by atoms with Gasteiger partial charge in [0.05, 0.1) is 12.1 Å². The minimum atomic E-state index is -0.773. The molecule has 0 fully saturated rings. The van der Waals surface area contributed by atoms with E-state index in [-0.39, 0.29) is 17.9 Å². The zero-order chi connectivity index (χ0) is 15.7. The number of nitrogens with zero attached hydrogens (tertiary/aromatic N) is 1. The summed E-state index contributed by atoms with van der Waals surface area (Å²) >= 11 is 3.28. The van der Waals surface area contributed by atoms with Crippen molar-refractivity contribution in [3.8, 4) is 5.75 Å². The highest BCUT2D eigenvalue weighted by molar-refractivity contribution is 9.10. The van der Waals surface area contributed by atoms with Gasteiger partial charge in [0.1, 0.15) is 17.1 Å². The molecule has 2 rings (SSSR count). The summed E-state index contributed by atoms with van der Waals surface area (Å²) in [4.78, 5) is 35.1. The highest BCUT2D eigenvalue weighted by Gasteiger charge is 2.21. The monoisotopic (exact) mass is 352 g/mol. The molecule has 0 saturated heterocycles. The standard InChI is InChI=1S/C14H13BrN2O4/c1-7(18)6-16-13(20)11-12(19)9-5-8(15)3-4-10(9)17(2)14(11)21/h3-5,19H,6H2,1-2H3,(H,16,20). The lowest BCUT2D eigenvalue weighted by Gasteiger charge is -2.11. The summed E-state index contributed by atoms with van der Waals surface area (Å²) in [6.07, 6.45) is 0. The maximum absolute atomic E-state index is 12.2. The van der Waals surface area contributed by atoms with Gasteiger partial charge in [-0.25, -0.2) is 0 Å². The van der Waals surface area contributed by atoms with Gasteiger partial charge in [-0.1, -0.05) is 15.9 Å². The highest BCUT2D eigenvalue weighted by atomic mass is 79.9. The molecule has 1 heterocycles. The molecule has 0 aliphatic carbocycles. The summed E-state index contributed by atoms with van der Waals surface area (Å²) in [5.41, 5.74) is -0.489. The number of aryl methyl sites for hydroxylation is 1. The Hall–Kier alpha value is -2.15. The Morgan fingerprint density at radius 1 is 1.38 bits per heavy atom. The van der Waals surface area contributed by atoms with Gasteiger partial charge in [-0.15, -0.1) is 0 Å². The number of halogens is 1. The predicted octanol–water partition coefficient (Wildman–Crippen LogP) is 1.33. The molecule has 0 saturated carbocycles. The van der Waals surface area contributed by atoms with Crippen LogP contribution >= 0.6 is 15.9 Å². The lowest BCUT2D eigenvalue weighted by atomic mass is 10.1. The molecular formula is C14H13BrN2O4. The molecule has 0 aliphatic rings. The van der Waals surface area contributed by atoms with Crippen LogP contribution in [0.5, 0.6) is 5.75 Å². The van der Waals surface area contributed by atoms with Crippen molar-refractivity contribution < 1.29 is 14.7 Å². The molecule has 1 aromatic heterocycles. The molecular weight excluding hydrogens is 340 g/mol. The molecule has 2 N–H and O–H groups in total. The van der Waals surface area contributed by atoms with Crippen LogP contribution in [0.25, 0.3) is 10.9 Å². The van der Waals surface area contributed by atoms with Crippen LogP contribution < -0.4 is 10.9 Å². The molecule has 110 valence electrons. The number of nitrogens with one attached hydrogen (secondary N) is 1. The summed E-state index contributed by atoms with van der Waals surface area (Å²) < 4.78 is 1.99. The third-order valence-corrected chi connectivity index (χ3v) is 3.55. The number of fused-ring (bicyclic) bond motifs is 1. The maximum atomic E-state index is 12.2. The van der Waals surface area contributed by atoms with Crippen molar-refractivity contribution in [3.05, 3.63) is 38.6 Å². The number of aromatic nitrogens is 1. The highest BCUT2D eigenvalue weighted by Crippen LogP contribution is 2.28. The average molecular weight is 353 g/mol. The van der Waals surface area contributed by atoms with Gasteiger partial charge in [0.2, 0.25) is 0 Å². The zero-order valence-electron chi connectivity index (χ0n) is 11.4. The average Bonchev–Trinajstić information content (AvgIpc) is 2.43. The summed E-state index contributed by atoms with van der Waals surface area (Å²) in [6.45, 7) is 1.12. The van der Waals surface area contributed by atoms with Crippen LogP contribution in [0.1, 0.15) is 17.3 Å². The van der Waals surface area contributed by atoms with Gasteiger partial charge in [-0.2, -0.15) is 0 Å². The Morgan fingerprint density at radius 3 is 2.67 bits per heavy atom. The Balaban J connectivity index is 2.66. The van der Waals surface area contributed by atoms with Crippen molar-refractivity contribution in [3.63, 3.8) is 0 Å². The molecule has 2 aromatic rings. The van der Waals surface area contributed by atoms with E-state index in [1.54, 1.807) is 18.2 Å². The number of Topliss-reactive ketones (excluding diaryl/α,β-unsaturated/α-hetero) is 1. The lowest BCUT2D eigenvalue weighted by molar-refractivity contribution is -0.116. The largest absolute Gasteiger partial charge is 0.506 e. The molecule has 7 heteroatoms. The molecule has 1 aromatic carbocycles. The van der Waals surface area contributed by atoms with Gasteiger partial charge in [-0.05, 0) is 25.1 Å². The molecule has 0 radical (unpaired) electrons. The Bertz CT molecular complexity index is 811. The predicted molar refractivity (Wildman–Crippen MR) is 81.6 cm³/mol. The second kappa shape index (κ2) is 5.69.